The topological polar surface area (TPSA) is 76.8 Å². The van der Waals surface area contributed by atoms with Crippen molar-refractivity contribution in [2.45, 2.75) is 25.4 Å². The molecule has 1 aliphatic rings. The zero-order valence-corrected chi connectivity index (χ0v) is 8.94. The average Bonchev–Trinajstić information content (AvgIpc) is 2.75. The number of hydrogen-bond acceptors (Lipinski definition) is 4. The Hall–Kier alpha value is -1.62. The number of nitrogens with zero attached hydrogens (tertiary/aromatic N) is 2. The quantitative estimate of drug-likeness (QED) is 0.764. The van der Waals surface area contributed by atoms with Gasteiger partial charge in [-0.1, -0.05) is 0 Å². The number of ether oxygens (including phenoxy) is 1. The van der Waals surface area contributed by atoms with E-state index in [1.165, 1.54) is 6.42 Å². The Morgan fingerprint density at radius 3 is 3.19 bits per heavy atom. The van der Waals surface area contributed by atoms with Crippen LogP contribution in [0.5, 0.6) is 0 Å². The first-order valence-electron chi connectivity index (χ1n) is 5.56. The lowest BCUT2D eigenvalue weighted by molar-refractivity contribution is 0.0132. The van der Waals surface area contributed by atoms with Crippen molar-refractivity contribution in [2.24, 2.45) is 0 Å². The summed E-state index contributed by atoms with van der Waals surface area (Å²) in [4.78, 5) is 4.18. The van der Waals surface area contributed by atoms with Crippen LogP contribution in [0.2, 0.25) is 0 Å². The normalized spacial score (nSPS) is 21.4. The summed E-state index contributed by atoms with van der Waals surface area (Å²) in [6.07, 6.45) is 5.10. The van der Waals surface area contributed by atoms with Crippen LogP contribution in [0, 0.1) is 0 Å². The predicted octanol–water partition coefficient (Wildman–Crippen LogP) is 1.78. The van der Waals surface area contributed by atoms with Gasteiger partial charge < -0.3 is 10.5 Å². The summed E-state index contributed by atoms with van der Waals surface area (Å²) < 4.78 is 5.73. The molecule has 1 aliphatic heterocycles. The molecule has 0 spiro atoms. The van der Waals surface area contributed by atoms with E-state index in [-0.39, 0.29) is 6.10 Å². The molecule has 0 amide bonds. The van der Waals surface area contributed by atoms with E-state index in [4.69, 9.17) is 10.5 Å². The molecule has 1 fully saturated rings. The van der Waals surface area contributed by atoms with Crippen LogP contribution in [0.4, 0.5) is 5.69 Å². The molecule has 1 unspecified atom stereocenters. The Bertz CT molecular complexity index is 502. The van der Waals surface area contributed by atoms with Gasteiger partial charge in [-0.15, -0.1) is 0 Å². The molecule has 1 saturated heterocycles. The van der Waals surface area contributed by atoms with Gasteiger partial charge in [0, 0.05) is 18.5 Å². The molecule has 3 rings (SSSR count). The molecule has 2 aromatic rings. The van der Waals surface area contributed by atoms with Crippen LogP contribution in [0.1, 0.15) is 31.1 Å². The SMILES string of the molecule is Nc1ccnc2n[nH]c(C3CCCCO3)c12. The maximum atomic E-state index is 5.95. The number of nitrogens with two attached hydrogens (primary N) is 1. The highest BCUT2D eigenvalue weighted by molar-refractivity contribution is 5.90. The van der Waals surface area contributed by atoms with Crippen molar-refractivity contribution in [3.05, 3.63) is 18.0 Å². The fourth-order valence-electron chi connectivity index (χ4n) is 2.20. The molecule has 5 nitrogen and oxygen atoms in total. The highest BCUT2D eigenvalue weighted by Crippen LogP contribution is 2.32. The van der Waals surface area contributed by atoms with E-state index in [1.54, 1.807) is 12.3 Å². The lowest BCUT2D eigenvalue weighted by Gasteiger charge is -2.21. The van der Waals surface area contributed by atoms with Crippen molar-refractivity contribution in [1.82, 2.24) is 15.2 Å². The first kappa shape index (κ1) is 9.59. The van der Waals surface area contributed by atoms with Crippen LogP contribution in [-0.2, 0) is 4.74 Å². The Kier molecular flexibility index (Phi) is 2.25. The van der Waals surface area contributed by atoms with Gasteiger partial charge in [-0.05, 0) is 25.3 Å². The monoisotopic (exact) mass is 218 g/mol. The molecule has 3 heterocycles. The molecule has 5 heteroatoms. The van der Waals surface area contributed by atoms with Crippen molar-refractivity contribution < 1.29 is 4.74 Å². The Morgan fingerprint density at radius 2 is 2.38 bits per heavy atom. The van der Waals surface area contributed by atoms with Gasteiger partial charge in [0.2, 0.25) is 0 Å². The van der Waals surface area contributed by atoms with Crippen molar-refractivity contribution in [2.75, 3.05) is 12.3 Å². The molecule has 3 N–H and O–H groups in total. The summed E-state index contributed by atoms with van der Waals surface area (Å²) in [7, 11) is 0. The number of H-pyrrole nitrogens is 1. The van der Waals surface area contributed by atoms with Gasteiger partial charge in [0.15, 0.2) is 5.65 Å². The van der Waals surface area contributed by atoms with E-state index in [9.17, 15) is 0 Å². The molecule has 2 aromatic heterocycles. The van der Waals surface area contributed by atoms with E-state index in [0.29, 0.717) is 11.3 Å². The smallest absolute Gasteiger partial charge is 0.183 e. The number of hydrogen-bond donors (Lipinski definition) is 2. The average molecular weight is 218 g/mol. The lowest BCUT2D eigenvalue weighted by atomic mass is 10.0. The Balaban J connectivity index is 2.09. The van der Waals surface area contributed by atoms with E-state index >= 15 is 0 Å². The van der Waals surface area contributed by atoms with E-state index in [1.807, 2.05) is 0 Å². The van der Waals surface area contributed by atoms with Gasteiger partial charge in [-0.25, -0.2) is 4.98 Å². The minimum atomic E-state index is 0.0882. The number of pyridine rings is 1. The van der Waals surface area contributed by atoms with Gasteiger partial charge in [0.1, 0.15) is 0 Å². The van der Waals surface area contributed by atoms with Gasteiger partial charge in [-0.2, -0.15) is 5.10 Å². The third kappa shape index (κ3) is 1.44. The summed E-state index contributed by atoms with van der Waals surface area (Å²) in [5, 5.41) is 8.08. The number of aromatic nitrogens is 3. The van der Waals surface area contributed by atoms with E-state index in [2.05, 4.69) is 15.2 Å². The second kappa shape index (κ2) is 3.75. The molecule has 0 saturated carbocycles. The van der Waals surface area contributed by atoms with Crippen molar-refractivity contribution >= 4 is 16.7 Å². The summed E-state index contributed by atoms with van der Waals surface area (Å²) in [6.45, 7) is 0.811. The van der Waals surface area contributed by atoms with Gasteiger partial charge >= 0.3 is 0 Å². The summed E-state index contributed by atoms with van der Waals surface area (Å²) >= 11 is 0. The first-order valence-corrected chi connectivity index (χ1v) is 5.56. The number of nitrogen functional groups attached to an aromatic ring is 1. The third-order valence-corrected chi connectivity index (χ3v) is 3.02. The van der Waals surface area contributed by atoms with Crippen LogP contribution >= 0.6 is 0 Å². The molecule has 0 aliphatic carbocycles. The van der Waals surface area contributed by atoms with Gasteiger partial charge in [0.05, 0.1) is 17.2 Å². The number of anilines is 1. The van der Waals surface area contributed by atoms with Crippen LogP contribution in [-0.4, -0.2) is 21.8 Å². The number of fused-ring (bicyclic) bond motifs is 1. The molecule has 0 aromatic carbocycles. The zero-order chi connectivity index (χ0) is 11.0. The predicted molar refractivity (Wildman–Crippen MR) is 60.8 cm³/mol. The standard InChI is InChI=1S/C11H14N4O/c12-7-4-5-13-11-9(7)10(14-15-11)8-3-1-2-6-16-8/h4-5,8H,1-3,6H2,(H3,12,13,14,15). The highest BCUT2D eigenvalue weighted by atomic mass is 16.5. The number of nitrogens with one attached hydrogen (secondary N) is 1. The molecular formula is C11H14N4O. The van der Waals surface area contributed by atoms with Gasteiger partial charge in [0.25, 0.3) is 0 Å². The second-order valence-electron chi connectivity index (χ2n) is 4.09. The van der Waals surface area contributed by atoms with Crippen LogP contribution in [0.15, 0.2) is 12.3 Å². The lowest BCUT2D eigenvalue weighted by Crippen LogP contribution is -2.12. The molecular weight excluding hydrogens is 204 g/mol. The molecule has 0 bridgehead atoms. The maximum absolute atomic E-state index is 5.95. The Morgan fingerprint density at radius 1 is 1.44 bits per heavy atom. The minimum Gasteiger partial charge on any atom is -0.398 e. The molecule has 16 heavy (non-hydrogen) atoms. The van der Waals surface area contributed by atoms with Crippen LogP contribution in [0.3, 0.4) is 0 Å². The van der Waals surface area contributed by atoms with Crippen molar-refractivity contribution in [3.8, 4) is 0 Å². The van der Waals surface area contributed by atoms with Crippen LogP contribution in [0.25, 0.3) is 11.0 Å². The van der Waals surface area contributed by atoms with E-state index in [0.717, 1.165) is 30.5 Å². The second-order valence-corrected chi connectivity index (χ2v) is 4.09. The summed E-state index contributed by atoms with van der Waals surface area (Å²) in [5.41, 5.74) is 8.31. The van der Waals surface area contributed by atoms with Crippen LogP contribution < -0.4 is 5.73 Å². The third-order valence-electron chi connectivity index (χ3n) is 3.02. The van der Waals surface area contributed by atoms with Gasteiger partial charge in [-0.3, -0.25) is 5.10 Å². The summed E-state index contributed by atoms with van der Waals surface area (Å²) in [5.74, 6) is 0. The molecule has 84 valence electrons. The Labute approximate surface area is 93.0 Å². The fourth-order valence-corrected chi connectivity index (χ4v) is 2.20. The zero-order valence-electron chi connectivity index (χ0n) is 8.94. The van der Waals surface area contributed by atoms with Crippen molar-refractivity contribution in [1.29, 1.82) is 0 Å². The molecule has 0 radical (unpaired) electrons. The van der Waals surface area contributed by atoms with E-state index < -0.39 is 0 Å². The first-order chi connectivity index (χ1) is 7.86. The maximum Gasteiger partial charge on any atom is 0.183 e. The largest absolute Gasteiger partial charge is 0.398 e. The molecule has 1 atom stereocenters. The minimum absolute atomic E-state index is 0.0882. The highest BCUT2D eigenvalue weighted by Gasteiger charge is 2.21. The number of rotatable bonds is 1. The van der Waals surface area contributed by atoms with Crippen molar-refractivity contribution in [3.63, 3.8) is 0 Å². The fraction of sp³-hybridized carbons (Fsp3) is 0.455. The number of aromatic amines is 1. The summed E-state index contributed by atoms with van der Waals surface area (Å²) in [6, 6.07) is 1.80.